The Hall–Kier alpha value is -4.87. The second-order valence-corrected chi connectivity index (χ2v) is 25.3. The van der Waals surface area contributed by atoms with Gasteiger partial charge in [-0.1, -0.05) is 54.4 Å². The van der Waals surface area contributed by atoms with Crippen molar-refractivity contribution in [2.24, 2.45) is 5.41 Å². The second-order valence-electron chi connectivity index (χ2n) is 20.2. The number of carbonyl (C=O) groups is 2. The molecule has 0 bridgehead atoms. The molecule has 4 aliphatic rings. The highest BCUT2D eigenvalue weighted by Gasteiger charge is 2.48. The molecule has 0 aromatic heterocycles. The molecule has 4 aromatic rings. The number of piperazine rings is 2. The van der Waals surface area contributed by atoms with Gasteiger partial charge in [0.05, 0.1) is 23.8 Å². The number of nitrogens with zero attached hydrogens (tertiary/aromatic N) is 5. The summed E-state index contributed by atoms with van der Waals surface area (Å²) in [6, 6.07) is 25.7. The molecular weight excluding hydrogens is 1050 g/mol. The predicted octanol–water partition coefficient (Wildman–Crippen LogP) is 8.50. The maximum absolute atomic E-state index is 14.3. The van der Waals surface area contributed by atoms with E-state index >= 15 is 0 Å². The minimum absolute atomic E-state index is 0.0132. The molecule has 3 saturated heterocycles. The van der Waals surface area contributed by atoms with Crippen molar-refractivity contribution in [3.05, 3.63) is 119 Å². The largest absolute Gasteiger partial charge is 0.501 e. The summed E-state index contributed by atoms with van der Waals surface area (Å²) >= 11 is 7.73. The number of thioether (sulfide) groups is 1. The lowest BCUT2D eigenvalue weighted by Gasteiger charge is -2.44. The van der Waals surface area contributed by atoms with Crippen molar-refractivity contribution in [2.75, 3.05) is 108 Å². The number of carbonyl (C=O) groups excluding carboxylic acids is 1. The van der Waals surface area contributed by atoms with E-state index in [-0.39, 0.29) is 17.0 Å². The van der Waals surface area contributed by atoms with Gasteiger partial charge in [0, 0.05) is 118 Å². The Bertz CT molecular complexity index is 2890. The monoisotopic (exact) mass is 1120 g/mol. The molecule has 8 rings (SSSR count). The van der Waals surface area contributed by atoms with Gasteiger partial charge in [-0.25, -0.2) is 26.4 Å². The van der Waals surface area contributed by atoms with Crippen LogP contribution < -0.4 is 14.9 Å². The summed E-state index contributed by atoms with van der Waals surface area (Å²) in [4.78, 5) is 34.5. The third kappa shape index (κ3) is 14.4. The quantitative estimate of drug-likeness (QED) is 0.0810. The molecule has 3 fully saturated rings. The molecule has 4 aromatic carbocycles. The van der Waals surface area contributed by atoms with Crippen LogP contribution in [0.5, 0.6) is 0 Å². The molecule has 3 N–H and O–H groups in total. The number of anilines is 2. The van der Waals surface area contributed by atoms with Crippen LogP contribution >= 0.6 is 23.4 Å². The van der Waals surface area contributed by atoms with Crippen LogP contribution in [0.3, 0.4) is 0 Å². The number of alkyl halides is 3. The lowest BCUT2D eigenvalue weighted by atomic mass is 9.71. The molecule has 15 nitrogen and oxygen atoms in total. The van der Waals surface area contributed by atoms with Crippen LogP contribution in [0.15, 0.2) is 117 Å². The number of hydrogen-bond acceptors (Lipinski definition) is 13. The fourth-order valence-electron chi connectivity index (χ4n) is 10.4. The third-order valence-corrected chi connectivity index (χ3v) is 19.0. The van der Waals surface area contributed by atoms with Gasteiger partial charge in [0.15, 0.2) is 0 Å². The number of morpholine rings is 1. The SMILES string of the molecule is CC1COCCN1CCC(CSc1ccccc1)Nc1ccc(S(=O)(=O)NC(=O)c2ccc(N3CCN(CC4=C(c5ccc(Cl)cc5)CCC(C)(CN5CCN(C(=O)O)CC5)C4)CC3)cc2)cc1S(=O)(=O)C(F)(F)F. The Labute approximate surface area is 447 Å². The number of ether oxygens (including phenoxy) is 1. The van der Waals surface area contributed by atoms with Crippen LogP contribution in [-0.2, 0) is 24.6 Å². The van der Waals surface area contributed by atoms with Crippen molar-refractivity contribution >= 4 is 72.2 Å². The van der Waals surface area contributed by atoms with E-state index < -0.39 is 58.9 Å². The highest BCUT2D eigenvalue weighted by atomic mass is 35.5. The first kappa shape index (κ1) is 56.3. The van der Waals surface area contributed by atoms with Crippen LogP contribution in [0.1, 0.15) is 55.5 Å². The summed E-state index contributed by atoms with van der Waals surface area (Å²) in [5.41, 5.74) is -1.50. The molecule has 1 aliphatic carbocycles. The molecule has 3 atom stereocenters. The molecule has 3 aliphatic heterocycles. The Morgan fingerprint density at radius 1 is 0.880 bits per heavy atom. The zero-order valence-corrected chi connectivity index (χ0v) is 45.3. The molecular formula is C53H65ClF3N7O8S3. The maximum atomic E-state index is 14.3. The Morgan fingerprint density at radius 2 is 1.56 bits per heavy atom. The lowest BCUT2D eigenvalue weighted by molar-refractivity contribution is -0.0436. The Morgan fingerprint density at radius 3 is 2.21 bits per heavy atom. The van der Waals surface area contributed by atoms with Crippen LogP contribution in [0, 0.1) is 5.41 Å². The van der Waals surface area contributed by atoms with Crippen molar-refractivity contribution in [2.45, 2.75) is 71.8 Å². The molecule has 0 saturated carbocycles. The van der Waals surface area contributed by atoms with Crippen molar-refractivity contribution in [1.82, 2.24) is 24.3 Å². The second kappa shape index (κ2) is 24.2. The fraction of sp³-hybridized carbons (Fsp3) is 0.472. The van der Waals surface area contributed by atoms with Crippen LogP contribution in [-0.4, -0.2) is 169 Å². The number of carboxylic acid groups (broad SMARTS) is 1. The zero-order chi connectivity index (χ0) is 53.5. The van der Waals surface area contributed by atoms with E-state index in [0.29, 0.717) is 88.8 Å². The summed E-state index contributed by atoms with van der Waals surface area (Å²) in [5, 5.41) is 13.1. The number of halogens is 4. The van der Waals surface area contributed by atoms with E-state index in [1.54, 1.807) is 12.1 Å². The Kier molecular flexibility index (Phi) is 18.2. The van der Waals surface area contributed by atoms with Crippen molar-refractivity contribution in [3.63, 3.8) is 0 Å². The zero-order valence-electron chi connectivity index (χ0n) is 42.1. The summed E-state index contributed by atoms with van der Waals surface area (Å²) in [6.07, 6.45) is 2.37. The number of rotatable bonds is 18. The average molecular weight is 1120 g/mol. The molecule has 3 unspecified atom stereocenters. The highest BCUT2D eigenvalue weighted by molar-refractivity contribution is 7.99. The van der Waals surface area contributed by atoms with E-state index in [1.807, 2.05) is 54.1 Å². The van der Waals surface area contributed by atoms with Gasteiger partial charge in [-0.05, 0) is 116 Å². The number of amides is 2. The maximum Gasteiger partial charge on any atom is 0.501 e. The van der Waals surface area contributed by atoms with Gasteiger partial charge in [0.25, 0.3) is 25.8 Å². The first-order chi connectivity index (χ1) is 35.7. The summed E-state index contributed by atoms with van der Waals surface area (Å²) in [7, 11) is -11.0. The summed E-state index contributed by atoms with van der Waals surface area (Å²) < 4.78 is 104. The van der Waals surface area contributed by atoms with Crippen LogP contribution in [0.4, 0.5) is 29.3 Å². The van der Waals surface area contributed by atoms with Gasteiger partial charge < -0.3 is 25.0 Å². The fourth-order valence-corrected chi connectivity index (χ4v) is 13.6. The topological polar surface area (TPSA) is 172 Å². The van der Waals surface area contributed by atoms with Crippen LogP contribution in [0.25, 0.3) is 5.57 Å². The number of sulfonamides is 1. The van der Waals surface area contributed by atoms with Gasteiger partial charge in [-0.15, -0.1) is 11.8 Å². The van der Waals surface area contributed by atoms with Gasteiger partial charge in [-0.2, -0.15) is 13.2 Å². The van der Waals surface area contributed by atoms with Crippen molar-refractivity contribution in [3.8, 4) is 0 Å². The van der Waals surface area contributed by atoms with Crippen LogP contribution in [0.2, 0.25) is 5.02 Å². The normalized spacial score (nSPS) is 21.2. The van der Waals surface area contributed by atoms with E-state index in [1.165, 1.54) is 39.9 Å². The standard InChI is InChI=1S/C53H65ClF3N7O8S3/c1-38-35-72-31-30-62(38)21-19-43(36-73-45-6-4-3-5-7-45)58-48-17-16-46(32-49(48)74(68,69)53(55,56)57)75(70,71)59-50(65)40-10-14-44(15-11-40)63-26-22-60(23-27-63)34-41-33-52(2,37-61-24-28-64(29-25-61)51(66)67)20-18-47(41)39-8-12-42(54)13-9-39/h3-17,32,38,43,58H,18-31,33-37H2,1-2H3,(H,59,65)(H,66,67). The van der Waals surface area contributed by atoms with Gasteiger partial charge in [0.1, 0.15) is 4.90 Å². The molecule has 2 amide bonds. The number of nitrogens with one attached hydrogen (secondary N) is 2. The smallest absolute Gasteiger partial charge is 0.465 e. The minimum Gasteiger partial charge on any atom is -0.465 e. The van der Waals surface area contributed by atoms with Crippen molar-refractivity contribution < 1.29 is 49.4 Å². The first-order valence-corrected chi connectivity index (χ1v) is 29.5. The van der Waals surface area contributed by atoms with E-state index in [4.69, 9.17) is 16.3 Å². The lowest BCUT2D eigenvalue weighted by Crippen LogP contribution is -2.51. The van der Waals surface area contributed by atoms with Gasteiger partial charge in [0.2, 0.25) is 0 Å². The number of allylic oxidation sites excluding steroid dienone is 1. The molecule has 75 heavy (non-hydrogen) atoms. The van der Waals surface area contributed by atoms with E-state index in [0.717, 1.165) is 73.7 Å². The summed E-state index contributed by atoms with van der Waals surface area (Å²) in [6.45, 7) is 13.6. The van der Waals surface area contributed by atoms with Crippen molar-refractivity contribution in [1.29, 1.82) is 0 Å². The molecule has 0 spiro atoms. The van der Waals surface area contributed by atoms with E-state index in [9.17, 15) is 44.7 Å². The predicted molar refractivity (Wildman–Crippen MR) is 287 cm³/mol. The number of sulfone groups is 1. The molecule has 22 heteroatoms. The first-order valence-electron chi connectivity index (χ1n) is 25.2. The van der Waals surface area contributed by atoms with Gasteiger partial charge in [-0.3, -0.25) is 19.5 Å². The minimum atomic E-state index is -6.09. The van der Waals surface area contributed by atoms with Gasteiger partial charge >= 0.3 is 11.6 Å². The highest BCUT2D eigenvalue weighted by Crippen LogP contribution is 2.44. The Balaban J connectivity index is 0.916. The average Bonchev–Trinajstić information content (AvgIpc) is 3.38. The number of hydrogen-bond donors (Lipinski definition) is 3. The van der Waals surface area contributed by atoms with E-state index in [2.05, 4.69) is 44.0 Å². The third-order valence-electron chi connectivity index (χ3n) is 14.7. The summed E-state index contributed by atoms with van der Waals surface area (Å²) in [5.74, 6) is -0.694. The molecule has 3 heterocycles. The molecule has 0 radical (unpaired) electrons. The molecule has 406 valence electrons. The number of benzene rings is 4.